The van der Waals surface area contributed by atoms with Gasteiger partial charge in [-0.05, 0) is 30.5 Å². The smallest absolute Gasteiger partial charge is 0.222 e. The SMILES string of the molecule is COc1cccc2c(C)cc(N3CCN(C(=O)CC(C)C)CC3)nc12. The maximum atomic E-state index is 12.2. The fourth-order valence-electron chi connectivity index (χ4n) is 3.36. The predicted molar refractivity (Wildman–Crippen MR) is 101 cm³/mol. The molecule has 134 valence electrons. The lowest BCUT2D eigenvalue weighted by atomic mass is 10.1. The van der Waals surface area contributed by atoms with E-state index >= 15 is 0 Å². The molecule has 5 heteroatoms. The predicted octanol–water partition coefficient (Wildman–Crippen LogP) is 3.25. The minimum atomic E-state index is 0.263. The van der Waals surface area contributed by atoms with Crippen LogP contribution in [0.1, 0.15) is 25.8 Å². The van der Waals surface area contributed by atoms with Gasteiger partial charge in [-0.3, -0.25) is 4.79 Å². The van der Waals surface area contributed by atoms with E-state index in [0.717, 1.165) is 48.6 Å². The molecule has 1 aromatic carbocycles. The van der Waals surface area contributed by atoms with E-state index in [1.807, 2.05) is 17.0 Å². The molecule has 1 fully saturated rings. The number of benzene rings is 1. The van der Waals surface area contributed by atoms with Crippen molar-refractivity contribution in [3.63, 3.8) is 0 Å². The lowest BCUT2D eigenvalue weighted by Crippen LogP contribution is -2.49. The lowest BCUT2D eigenvalue weighted by molar-refractivity contribution is -0.132. The topological polar surface area (TPSA) is 45.7 Å². The number of fused-ring (bicyclic) bond motifs is 1. The van der Waals surface area contributed by atoms with Gasteiger partial charge in [0.15, 0.2) is 0 Å². The van der Waals surface area contributed by atoms with Crippen molar-refractivity contribution in [3.8, 4) is 5.75 Å². The molecule has 2 heterocycles. The number of hydrogen-bond acceptors (Lipinski definition) is 4. The van der Waals surface area contributed by atoms with Gasteiger partial charge in [-0.25, -0.2) is 4.98 Å². The van der Waals surface area contributed by atoms with E-state index in [-0.39, 0.29) is 5.91 Å². The van der Waals surface area contributed by atoms with Crippen molar-refractivity contribution in [1.29, 1.82) is 0 Å². The summed E-state index contributed by atoms with van der Waals surface area (Å²) in [4.78, 5) is 21.3. The molecule has 0 atom stereocenters. The van der Waals surface area contributed by atoms with Gasteiger partial charge in [0, 0.05) is 38.0 Å². The standard InChI is InChI=1S/C20H27N3O2/c1-14(2)12-19(24)23-10-8-22(9-11-23)18-13-15(3)16-6-5-7-17(25-4)20(16)21-18/h5-7,13-14H,8-12H2,1-4H3. The van der Waals surface area contributed by atoms with Crippen molar-refractivity contribution < 1.29 is 9.53 Å². The fourth-order valence-corrected chi connectivity index (χ4v) is 3.36. The average Bonchev–Trinajstić information content (AvgIpc) is 2.60. The summed E-state index contributed by atoms with van der Waals surface area (Å²) in [5, 5.41) is 1.12. The Bertz CT molecular complexity index is 765. The second-order valence-electron chi connectivity index (χ2n) is 7.12. The van der Waals surface area contributed by atoms with E-state index in [9.17, 15) is 4.79 Å². The Kier molecular flexibility index (Phi) is 5.11. The summed E-state index contributed by atoms with van der Waals surface area (Å²) in [6.07, 6.45) is 0.629. The third kappa shape index (κ3) is 3.70. The van der Waals surface area contributed by atoms with Crippen LogP contribution in [0.25, 0.3) is 10.9 Å². The highest BCUT2D eigenvalue weighted by Gasteiger charge is 2.23. The van der Waals surface area contributed by atoms with Gasteiger partial charge in [0.25, 0.3) is 0 Å². The van der Waals surface area contributed by atoms with Crippen LogP contribution in [0.3, 0.4) is 0 Å². The number of aromatic nitrogens is 1. The van der Waals surface area contributed by atoms with Crippen LogP contribution in [0, 0.1) is 12.8 Å². The molecule has 5 nitrogen and oxygen atoms in total. The van der Waals surface area contributed by atoms with E-state index < -0.39 is 0 Å². The number of para-hydroxylation sites is 1. The number of nitrogens with zero attached hydrogens (tertiary/aromatic N) is 3. The monoisotopic (exact) mass is 341 g/mol. The van der Waals surface area contributed by atoms with Gasteiger partial charge in [0.1, 0.15) is 17.1 Å². The van der Waals surface area contributed by atoms with Crippen LogP contribution in [-0.4, -0.2) is 49.1 Å². The molecule has 0 aliphatic carbocycles. The Labute approximate surface area is 149 Å². The quantitative estimate of drug-likeness (QED) is 0.856. The number of piperazine rings is 1. The molecular weight excluding hydrogens is 314 g/mol. The minimum Gasteiger partial charge on any atom is -0.494 e. The molecule has 1 aromatic heterocycles. The number of aryl methyl sites for hydroxylation is 1. The molecule has 2 aromatic rings. The first-order valence-corrected chi connectivity index (χ1v) is 8.96. The number of amides is 1. The average molecular weight is 341 g/mol. The van der Waals surface area contributed by atoms with Crippen LogP contribution >= 0.6 is 0 Å². The Hall–Kier alpha value is -2.30. The van der Waals surface area contributed by atoms with Crippen molar-refractivity contribution >= 4 is 22.6 Å². The number of pyridine rings is 1. The van der Waals surface area contributed by atoms with Crippen molar-refractivity contribution in [2.24, 2.45) is 5.92 Å². The van der Waals surface area contributed by atoms with Crippen molar-refractivity contribution in [1.82, 2.24) is 9.88 Å². The molecule has 0 radical (unpaired) electrons. The third-order valence-electron chi connectivity index (χ3n) is 4.75. The zero-order valence-corrected chi connectivity index (χ0v) is 15.6. The number of anilines is 1. The summed E-state index contributed by atoms with van der Waals surface area (Å²) in [7, 11) is 1.68. The van der Waals surface area contributed by atoms with Crippen LogP contribution in [0.4, 0.5) is 5.82 Å². The molecule has 0 unspecified atom stereocenters. The second-order valence-corrected chi connectivity index (χ2v) is 7.12. The number of rotatable bonds is 4. The van der Waals surface area contributed by atoms with Gasteiger partial charge < -0.3 is 14.5 Å². The maximum Gasteiger partial charge on any atom is 0.222 e. The third-order valence-corrected chi connectivity index (χ3v) is 4.75. The van der Waals surface area contributed by atoms with E-state index in [1.165, 1.54) is 5.56 Å². The minimum absolute atomic E-state index is 0.263. The first-order valence-electron chi connectivity index (χ1n) is 8.96. The molecule has 0 N–H and O–H groups in total. The van der Waals surface area contributed by atoms with Gasteiger partial charge in [-0.2, -0.15) is 0 Å². The molecule has 1 amide bonds. The normalized spacial score (nSPS) is 15.1. The Morgan fingerprint density at radius 2 is 1.96 bits per heavy atom. The Morgan fingerprint density at radius 1 is 1.24 bits per heavy atom. The highest BCUT2D eigenvalue weighted by molar-refractivity contribution is 5.89. The molecule has 3 rings (SSSR count). The molecule has 1 aliphatic rings. The van der Waals surface area contributed by atoms with E-state index in [1.54, 1.807) is 7.11 Å². The number of carbonyl (C=O) groups excluding carboxylic acids is 1. The molecule has 25 heavy (non-hydrogen) atoms. The number of ether oxygens (including phenoxy) is 1. The Morgan fingerprint density at radius 3 is 2.60 bits per heavy atom. The van der Waals surface area contributed by atoms with Crippen molar-refractivity contribution in [2.75, 3.05) is 38.2 Å². The second kappa shape index (κ2) is 7.30. The summed E-state index contributed by atoms with van der Waals surface area (Å²) in [6.45, 7) is 9.43. The van der Waals surface area contributed by atoms with E-state index in [2.05, 4.69) is 37.8 Å². The molecular formula is C20H27N3O2. The van der Waals surface area contributed by atoms with Crippen LogP contribution < -0.4 is 9.64 Å². The summed E-state index contributed by atoms with van der Waals surface area (Å²) >= 11 is 0. The van der Waals surface area contributed by atoms with Gasteiger partial charge in [0.2, 0.25) is 5.91 Å². The number of methoxy groups -OCH3 is 1. The first kappa shape index (κ1) is 17.5. The lowest BCUT2D eigenvalue weighted by Gasteiger charge is -2.36. The highest BCUT2D eigenvalue weighted by atomic mass is 16.5. The largest absolute Gasteiger partial charge is 0.494 e. The Balaban J connectivity index is 1.78. The summed E-state index contributed by atoms with van der Waals surface area (Å²) < 4.78 is 5.48. The highest BCUT2D eigenvalue weighted by Crippen LogP contribution is 2.29. The molecule has 0 spiro atoms. The van der Waals surface area contributed by atoms with Gasteiger partial charge in [0.05, 0.1) is 7.11 Å². The van der Waals surface area contributed by atoms with Gasteiger partial charge in [-0.15, -0.1) is 0 Å². The van der Waals surface area contributed by atoms with Crippen LogP contribution in [-0.2, 0) is 4.79 Å². The van der Waals surface area contributed by atoms with Crippen molar-refractivity contribution in [2.45, 2.75) is 27.2 Å². The van der Waals surface area contributed by atoms with Crippen molar-refractivity contribution in [3.05, 3.63) is 29.8 Å². The maximum absolute atomic E-state index is 12.2. The first-order chi connectivity index (χ1) is 12.0. The molecule has 1 aliphatic heterocycles. The summed E-state index contributed by atoms with van der Waals surface area (Å²) in [5.74, 6) is 2.43. The number of hydrogen-bond donors (Lipinski definition) is 0. The molecule has 1 saturated heterocycles. The zero-order valence-electron chi connectivity index (χ0n) is 15.6. The zero-order chi connectivity index (χ0) is 18.0. The van der Waals surface area contributed by atoms with E-state index in [0.29, 0.717) is 12.3 Å². The van der Waals surface area contributed by atoms with Crippen LogP contribution in [0.15, 0.2) is 24.3 Å². The van der Waals surface area contributed by atoms with Crippen LogP contribution in [0.2, 0.25) is 0 Å². The number of carbonyl (C=O) groups is 1. The van der Waals surface area contributed by atoms with Gasteiger partial charge >= 0.3 is 0 Å². The van der Waals surface area contributed by atoms with Gasteiger partial charge in [-0.1, -0.05) is 26.0 Å². The summed E-state index contributed by atoms with van der Waals surface area (Å²) in [6, 6.07) is 8.15. The summed E-state index contributed by atoms with van der Waals surface area (Å²) in [5.41, 5.74) is 2.09. The van der Waals surface area contributed by atoms with Crippen LogP contribution in [0.5, 0.6) is 5.75 Å². The molecule has 0 bridgehead atoms. The molecule has 0 saturated carbocycles. The fraction of sp³-hybridized carbons (Fsp3) is 0.500. The van der Waals surface area contributed by atoms with E-state index in [4.69, 9.17) is 9.72 Å².